The zero-order chi connectivity index (χ0) is 32.0. The van der Waals surface area contributed by atoms with Crippen LogP contribution in [0.4, 0.5) is 13.2 Å². The Labute approximate surface area is 257 Å². The van der Waals surface area contributed by atoms with Crippen LogP contribution in [0.3, 0.4) is 0 Å². The molecule has 0 aliphatic carbocycles. The van der Waals surface area contributed by atoms with Crippen molar-refractivity contribution in [3.05, 3.63) is 93.0 Å². The second-order valence-electron chi connectivity index (χ2n) is 12.8. The number of halogens is 3. The van der Waals surface area contributed by atoms with Gasteiger partial charge in [-0.1, -0.05) is 68.8 Å². The number of amides is 1. The van der Waals surface area contributed by atoms with Crippen LogP contribution in [0.15, 0.2) is 48.5 Å². The Hall–Kier alpha value is -3.72. The summed E-state index contributed by atoms with van der Waals surface area (Å²) in [6, 6.07) is 14.8. The normalized spacial score (nSPS) is 17.0. The third-order valence-electron chi connectivity index (χ3n) is 9.61. The number of hydrogen-bond donors (Lipinski definition) is 1. The van der Waals surface area contributed by atoms with Gasteiger partial charge >= 0.3 is 6.18 Å². The lowest BCUT2D eigenvalue weighted by molar-refractivity contribution is -0.138. The van der Waals surface area contributed by atoms with Gasteiger partial charge in [0.2, 0.25) is 5.91 Å². The van der Waals surface area contributed by atoms with E-state index in [2.05, 4.69) is 28.2 Å². The summed E-state index contributed by atoms with van der Waals surface area (Å²) in [5.41, 5.74) is 12.3. The Balaban J connectivity index is 1.58. The van der Waals surface area contributed by atoms with Crippen molar-refractivity contribution in [3.8, 4) is 0 Å². The summed E-state index contributed by atoms with van der Waals surface area (Å²) >= 11 is 0. The molecule has 4 aromatic rings. The number of rotatable bonds is 8. The molecule has 0 saturated heterocycles. The summed E-state index contributed by atoms with van der Waals surface area (Å²) in [7, 11) is 0. The van der Waals surface area contributed by atoms with Gasteiger partial charge in [0.1, 0.15) is 5.52 Å². The lowest BCUT2D eigenvalue weighted by Crippen LogP contribution is -2.38. The molecule has 1 unspecified atom stereocenters. The number of aromatic nitrogens is 3. The first kappa shape index (κ1) is 31.7. The number of primary amides is 1. The van der Waals surface area contributed by atoms with Gasteiger partial charge in [0.25, 0.3) is 0 Å². The average molecular weight is 606 g/mol. The summed E-state index contributed by atoms with van der Waals surface area (Å²) in [6.45, 7) is 14.0. The fourth-order valence-electron chi connectivity index (χ4n) is 6.84. The lowest BCUT2D eigenvalue weighted by Gasteiger charge is -2.34. The zero-order valence-electron chi connectivity index (χ0n) is 26.4. The Kier molecular flexibility index (Phi) is 8.64. The highest BCUT2D eigenvalue weighted by atomic mass is 19.4. The monoisotopic (exact) mass is 605 g/mol. The average Bonchev–Trinajstić information content (AvgIpc) is 3.30. The Morgan fingerprint density at radius 2 is 1.84 bits per heavy atom. The topological polar surface area (TPSA) is 77.0 Å². The number of benzene rings is 3. The second kappa shape index (κ2) is 12.0. The van der Waals surface area contributed by atoms with E-state index >= 15 is 0 Å². The van der Waals surface area contributed by atoms with Crippen LogP contribution in [-0.2, 0) is 37.0 Å². The number of alkyl halides is 3. The molecule has 0 spiro atoms. The molecule has 2 N–H and O–H groups in total. The second-order valence-corrected chi connectivity index (χ2v) is 12.8. The van der Waals surface area contributed by atoms with E-state index in [1.165, 1.54) is 12.1 Å². The maximum absolute atomic E-state index is 14.1. The number of fused-ring (bicyclic) bond motifs is 2. The van der Waals surface area contributed by atoms with Gasteiger partial charge in [-0.05, 0) is 84.2 Å². The Morgan fingerprint density at radius 1 is 1.09 bits per heavy atom. The Morgan fingerprint density at radius 3 is 2.50 bits per heavy atom. The van der Waals surface area contributed by atoms with E-state index in [1.54, 1.807) is 0 Å². The number of hydrogen-bond acceptors (Lipinski definition) is 4. The number of nitrogens with two attached hydrogens (primary N) is 1. The van der Waals surface area contributed by atoms with Gasteiger partial charge in [0, 0.05) is 32.1 Å². The number of nitrogens with zero attached hydrogens (tertiary/aromatic N) is 4. The van der Waals surface area contributed by atoms with Crippen LogP contribution in [0.25, 0.3) is 11.0 Å². The first-order valence-electron chi connectivity index (χ1n) is 15.4. The molecular formula is C35H42F3N5O. The number of carbonyl (C=O) groups excluding carboxylic acids is 1. The van der Waals surface area contributed by atoms with E-state index in [4.69, 9.17) is 5.73 Å². The highest BCUT2D eigenvalue weighted by molar-refractivity contribution is 5.84. The van der Waals surface area contributed by atoms with Crippen molar-refractivity contribution < 1.29 is 18.0 Å². The quantitative estimate of drug-likeness (QED) is 0.228. The van der Waals surface area contributed by atoms with Crippen molar-refractivity contribution in [2.45, 2.75) is 86.1 Å². The van der Waals surface area contributed by atoms with Crippen molar-refractivity contribution >= 4 is 16.9 Å². The molecule has 1 aliphatic rings. The minimum absolute atomic E-state index is 0.226. The molecule has 2 atom stereocenters. The summed E-state index contributed by atoms with van der Waals surface area (Å²) in [6.07, 6.45) is -2.90. The summed E-state index contributed by atoms with van der Waals surface area (Å²) < 4.78 is 44.1. The lowest BCUT2D eigenvalue weighted by atomic mass is 9.69. The van der Waals surface area contributed by atoms with Crippen molar-refractivity contribution in [3.63, 3.8) is 0 Å². The van der Waals surface area contributed by atoms with Gasteiger partial charge in [0.05, 0.1) is 16.5 Å². The Bertz CT molecular complexity index is 1690. The van der Waals surface area contributed by atoms with Gasteiger partial charge < -0.3 is 5.73 Å². The van der Waals surface area contributed by atoms with Gasteiger partial charge in [0.15, 0.2) is 0 Å². The van der Waals surface area contributed by atoms with Gasteiger partial charge in [-0.25, -0.2) is 4.68 Å². The van der Waals surface area contributed by atoms with Gasteiger partial charge in [-0.2, -0.15) is 13.2 Å². The molecule has 1 aliphatic heterocycles. The van der Waals surface area contributed by atoms with Crippen molar-refractivity contribution in [2.75, 3.05) is 6.54 Å². The molecule has 44 heavy (non-hydrogen) atoms. The predicted molar refractivity (Wildman–Crippen MR) is 167 cm³/mol. The molecule has 0 saturated carbocycles. The molecule has 0 radical (unpaired) electrons. The molecule has 1 aromatic heterocycles. The van der Waals surface area contributed by atoms with Gasteiger partial charge in [-0.15, -0.1) is 5.10 Å². The first-order valence-corrected chi connectivity index (χ1v) is 15.4. The minimum Gasteiger partial charge on any atom is -0.369 e. The van der Waals surface area contributed by atoms with E-state index < -0.39 is 23.1 Å². The molecule has 5 rings (SSSR count). The van der Waals surface area contributed by atoms with Crippen LogP contribution in [0, 0.1) is 25.2 Å². The van der Waals surface area contributed by atoms with E-state index in [1.807, 2.05) is 69.6 Å². The molecule has 2 heterocycles. The minimum atomic E-state index is -4.41. The van der Waals surface area contributed by atoms with Crippen LogP contribution in [0.5, 0.6) is 0 Å². The van der Waals surface area contributed by atoms with Crippen LogP contribution in [-0.4, -0.2) is 32.3 Å². The maximum atomic E-state index is 14.1. The molecule has 3 aromatic carbocycles. The van der Waals surface area contributed by atoms with Gasteiger partial charge in [-0.3, -0.25) is 9.69 Å². The third-order valence-corrected chi connectivity index (χ3v) is 9.61. The SMILES string of the molecule is CC[C@H]1Cc2cccc(C(F)(F)F)c2CN(Cc2cc(C(c3ccc4c(nnn4CC)c3C)C(C)(C)C(N)=O)ccc2C)C1. The fraction of sp³-hybridized carbons (Fsp3) is 0.457. The number of carbonyl (C=O) groups is 1. The van der Waals surface area contributed by atoms with Crippen molar-refractivity contribution in [2.24, 2.45) is 17.1 Å². The van der Waals surface area contributed by atoms with E-state index in [-0.39, 0.29) is 18.4 Å². The van der Waals surface area contributed by atoms with E-state index in [0.717, 1.165) is 50.8 Å². The molecule has 9 heteroatoms. The summed E-state index contributed by atoms with van der Waals surface area (Å²) in [5, 5.41) is 8.73. The smallest absolute Gasteiger partial charge is 0.369 e. The molecule has 6 nitrogen and oxygen atoms in total. The maximum Gasteiger partial charge on any atom is 0.416 e. The third kappa shape index (κ3) is 5.86. The zero-order valence-corrected chi connectivity index (χ0v) is 26.4. The summed E-state index contributed by atoms with van der Waals surface area (Å²) in [4.78, 5) is 15.1. The van der Waals surface area contributed by atoms with Crippen LogP contribution >= 0.6 is 0 Å². The van der Waals surface area contributed by atoms with E-state index in [9.17, 15) is 18.0 Å². The van der Waals surface area contributed by atoms with Crippen molar-refractivity contribution in [1.29, 1.82) is 0 Å². The van der Waals surface area contributed by atoms with Crippen LogP contribution in [0.1, 0.15) is 84.5 Å². The highest BCUT2D eigenvalue weighted by Crippen LogP contribution is 2.44. The molecular weight excluding hydrogens is 563 g/mol. The molecule has 0 bridgehead atoms. The van der Waals surface area contributed by atoms with Crippen LogP contribution < -0.4 is 5.73 Å². The number of aryl methyl sites for hydroxylation is 3. The summed E-state index contributed by atoms with van der Waals surface area (Å²) in [5.74, 6) is -0.549. The molecule has 0 fully saturated rings. The first-order chi connectivity index (χ1) is 20.8. The largest absolute Gasteiger partial charge is 0.416 e. The highest BCUT2D eigenvalue weighted by Gasteiger charge is 2.39. The predicted octanol–water partition coefficient (Wildman–Crippen LogP) is 7.31. The van der Waals surface area contributed by atoms with E-state index in [0.29, 0.717) is 31.6 Å². The fourth-order valence-corrected chi connectivity index (χ4v) is 6.84. The molecule has 1 amide bonds. The van der Waals surface area contributed by atoms with Crippen molar-refractivity contribution in [1.82, 2.24) is 19.9 Å². The molecule has 234 valence electrons. The standard InChI is InChI=1S/C35H42F3N5O/c1-7-23-16-24-10-9-11-29(35(36,37)38)28(24)20-42(18-23)19-26-17-25(13-12-21(26)3)31(34(5,6)33(39)44)27-14-15-30-32(22(27)4)40-41-43(30)8-2/h9-15,17,23,31H,7-8,16,18-20H2,1-6H3,(H2,39,44)/t23-,31?/m0/s1. The van der Waals surface area contributed by atoms with Crippen LogP contribution in [0.2, 0.25) is 0 Å².